The Morgan fingerprint density at radius 2 is 2.23 bits per heavy atom. The van der Waals surface area contributed by atoms with Gasteiger partial charge in [0, 0.05) is 31.7 Å². The van der Waals surface area contributed by atoms with Crippen molar-refractivity contribution >= 4 is 23.2 Å². The van der Waals surface area contributed by atoms with E-state index < -0.39 is 0 Å². The molecule has 1 aliphatic rings. The first kappa shape index (κ1) is 11.3. The van der Waals surface area contributed by atoms with Crippen molar-refractivity contribution in [2.45, 2.75) is 25.9 Å². The quantitative estimate of drug-likeness (QED) is 0.770. The Balaban J connectivity index is 2.44. The van der Waals surface area contributed by atoms with E-state index in [0.29, 0.717) is 16.6 Å². The third-order valence-electron chi connectivity index (χ3n) is 2.65. The maximum absolute atomic E-state index is 5.57. The molecule has 2 nitrogen and oxygen atoms in total. The number of hydrogen-bond donors (Lipinski definition) is 1. The molecule has 1 saturated heterocycles. The zero-order valence-electron chi connectivity index (χ0n) is 8.06. The predicted octanol–water partition coefficient (Wildman–Crippen LogP) is 1.99. The number of nitrogens with one attached hydrogen (secondary N) is 1. The lowest BCUT2D eigenvalue weighted by Gasteiger charge is -2.37. The standard InChI is InChI=1S/C9H16Cl2N2/c1-7-8(2)13(6-4-12-7)5-3-9(10)11/h3,7-8,12H,4-6H2,1-2H3. The highest BCUT2D eigenvalue weighted by Crippen LogP contribution is 2.11. The fourth-order valence-electron chi connectivity index (χ4n) is 1.57. The van der Waals surface area contributed by atoms with E-state index >= 15 is 0 Å². The maximum Gasteiger partial charge on any atom is 0.104 e. The van der Waals surface area contributed by atoms with E-state index in [1.54, 1.807) is 0 Å². The van der Waals surface area contributed by atoms with Crippen molar-refractivity contribution < 1.29 is 0 Å². The second-order valence-corrected chi connectivity index (χ2v) is 4.48. The van der Waals surface area contributed by atoms with Crippen molar-refractivity contribution in [3.05, 3.63) is 10.6 Å². The Bertz CT molecular complexity index is 190. The van der Waals surface area contributed by atoms with Gasteiger partial charge in [0.2, 0.25) is 0 Å². The van der Waals surface area contributed by atoms with Crippen LogP contribution in [0.3, 0.4) is 0 Å². The molecular weight excluding hydrogens is 207 g/mol. The summed E-state index contributed by atoms with van der Waals surface area (Å²) in [6.07, 6.45) is 1.84. The van der Waals surface area contributed by atoms with Gasteiger partial charge in [-0.1, -0.05) is 23.2 Å². The van der Waals surface area contributed by atoms with Crippen LogP contribution in [0.1, 0.15) is 13.8 Å². The van der Waals surface area contributed by atoms with Crippen LogP contribution in [0.15, 0.2) is 10.6 Å². The lowest BCUT2D eigenvalue weighted by Crippen LogP contribution is -2.55. The van der Waals surface area contributed by atoms with E-state index in [1.807, 2.05) is 6.08 Å². The van der Waals surface area contributed by atoms with Crippen molar-refractivity contribution in [3.8, 4) is 0 Å². The zero-order chi connectivity index (χ0) is 9.84. The number of nitrogens with zero attached hydrogens (tertiary/aromatic N) is 1. The summed E-state index contributed by atoms with van der Waals surface area (Å²) in [5, 5.41) is 3.42. The van der Waals surface area contributed by atoms with Crippen LogP contribution >= 0.6 is 23.2 Å². The van der Waals surface area contributed by atoms with E-state index in [9.17, 15) is 0 Å². The Morgan fingerprint density at radius 3 is 2.85 bits per heavy atom. The molecule has 2 atom stereocenters. The largest absolute Gasteiger partial charge is 0.311 e. The summed E-state index contributed by atoms with van der Waals surface area (Å²) in [5.41, 5.74) is 0. The smallest absolute Gasteiger partial charge is 0.104 e. The second-order valence-electron chi connectivity index (χ2n) is 3.47. The van der Waals surface area contributed by atoms with Gasteiger partial charge < -0.3 is 5.32 Å². The molecule has 0 aromatic heterocycles. The fraction of sp³-hybridized carbons (Fsp3) is 0.778. The first-order chi connectivity index (χ1) is 6.11. The van der Waals surface area contributed by atoms with Gasteiger partial charge in [-0.3, -0.25) is 4.90 Å². The van der Waals surface area contributed by atoms with E-state index in [-0.39, 0.29) is 0 Å². The van der Waals surface area contributed by atoms with Gasteiger partial charge in [-0.2, -0.15) is 0 Å². The molecule has 76 valence electrons. The molecule has 0 amide bonds. The Morgan fingerprint density at radius 1 is 1.54 bits per heavy atom. The first-order valence-electron chi connectivity index (χ1n) is 4.60. The molecule has 0 spiro atoms. The lowest BCUT2D eigenvalue weighted by molar-refractivity contribution is 0.154. The van der Waals surface area contributed by atoms with Gasteiger partial charge in [-0.25, -0.2) is 0 Å². The number of piperazine rings is 1. The molecule has 1 fully saturated rings. The zero-order valence-corrected chi connectivity index (χ0v) is 9.57. The SMILES string of the molecule is CC1NCCN(CC=C(Cl)Cl)C1C. The van der Waals surface area contributed by atoms with Gasteiger partial charge in [0.1, 0.15) is 4.49 Å². The second kappa shape index (κ2) is 5.20. The highest BCUT2D eigenvalue weighted by atomic mass is 35.5. The van der Waals surface area contributed by atoms with Crippen molar-refractivity contribution in [2.24, 2.45) is 0 Å². The van der Waals surface area contributed by atoms with E-state index in [0.717, 1.165) is 19.6 Å². The van der Waals surface area contributed by atoms with Crippen molar-refractivity contribution in [1.29, 1.82) is 0 Å². The normalized spacial score (nSPS) is 30.2. The first-order valence-corrected chi connectivity index (χ1v) is 5.35. The summed E-state index contributed by atoms with van der Waals surface area (Å²) in [6.45, 7) is 7.35. The fourth-order valence-corrected chi connectivity index (χ4v) is 1.71. The van der Waals surface area contributed by atoms with Gasteiger partial charge in [-0.15, -0.1) is 0 Å². The third kappa shape index (κ3) is 3.47. The van der Waals surface area contributed by atoms with Crippen LogP contribution in [-0.2, 0) is 0 Å². The number of rotatable bonds is 2. The van der Waals surface area contributed by atoms with Crippen LogP contribution < -0.4 is 5.32 Å². The summed E-state index contributed by atoms with van der Waals surface area (Å²) in [7, 11) is 0. The maximum atomic E-state index is 5.57. The minimum Gasteiger partial charge on any atom is -0.311 e. The van der Waals surface area contributed by atoms with Crippen LogP contribution in [0.2, 0.25) is 0 Å². The topological polar surface area (TPSA) is 15.3 Å². The molecule has 1 N–H and O–H groups in total. The Hall–Kier alpha value is 0.240. The number of hydrogen-bond acceptors (Lipinski definition) is 2. The van der Waals surface area contributed by atoms with Crippen LogP contribution in [0.25, 0.3) is 0 Å². The highest BCUT2D eigenvalue weighted by Gasteiger charge is 2.22. The van der Waals surface area contributed by atoms with Crippen molar-refractivity contribution in [3.63, 3.8) is 0 Å². The molecule has 2 unspecified atom stereocenters. The molecule has 0 bridgehead atoms. The molecule has 4 heteroatoms. The van der Waals surface area contributed by atoms with Crippen LogP contribution in [0.5, 0.6) is 0 Å². The monoisotopic (exact) mass is 222 g/mol. The van der Waals surface area contributed by atoms with Gasteiger partial charge in [-0.05, 0) is 19.9 Å². The van der Waals surface area contributed by atoms with Gasteiger partial charge in [0.25, 0.3) is 0 Å². The molecular formula is C9H16Cl2N2. The van der Waals surface area contributed by atoms with Crippen molar-refractivity contribution in [2.75, 3.05) is 19.6 Å². The van der Waals surface area contributed by atoms with Gasteiger partial charge >= 0.3 is 0 Å². The molecule has 0 aliphatic carbocycles. The highest BCUT2D eigenvalue weighted by molar-refractivity contribution is 6.55. The minimum absolute atomic E-state index is 0.360. The molecule has 0 saturated carbocycles. The van der Waals surface area contributed by atoms with Gasteiger partial charge in [0.05, 0.1) is 0 Å². The Labute approximate surface area is 89.9 Å². The summed E-state index contributed by atoms with van der Waals surface area (Å²) in [4.78, 5) is 2.37. The molecule has 0 aromatic carbocycles. The molecule has 13 heavy (non-hydrogen) atoms. The average Bonchev–Trinajstić information content (AvgIpc) is 2.07. The van der Waals surface area contributed by atoms with Crippen LogP contribution in [0.4, 0.5) is 0 Å². The summed E-state index contributed by atoms with van der Waals surface area (Å²) in [6, 6.07) is 1.08. The average molecular weight is 223 g/mol. The molecule has 1 aliphatic heterocycles. The van der Waals surface area contributed by atoms with E-state index in [1.165, 1.54) is 0 Å². The molecule has 1 heterocycles. The minimum atomic E-state index is 0.360. The third-order valence-corrected chi connectivity index (χ3v) is 2.95. The summed E-state index contributed by atoms with van der Waals surface area (Å²) < 4.78 is 0.360. The lowest BCUT2D eigenvalue weighted by atomic mass is 10.1. The molecule has 0 aromatic rings. The summed E-state index contributed by atoms with van der Waals surface area (Å²) >= 11 is 11.1. The molecule has 0 radical (unpaired) electrons. The molecule has 1 rings (SSSR count). The van der Waals surface area contributed by atoms with Crippen LogP contribution in [-0.4, -0.2) is 36.6 Å². The Kier molecular flexibility index (Phi) is 4.53. The van der Waals surface area contributed by atoms with E-state index in [2.05, 4.69) is 24.1 Å². The number of halogens is 2. The van der Waals surface area contributed by atoms with Crippen molar-refractivity contribution in [1.82, 2.24) is 10.2 Å². The van der Waals surface area contributed by atoms with Crippen LogP contribution in [0, 0.1) is 0 Å². The predicted molar refractivity (Wildman–Crippen MR) is 58.3 cm³/mol. The van der Waals surface area contributed by atoms with E-state index in [4.69, 9.17) is 23.2 Å². The summed E-state index contributed by atoms with van der Waals surface area (Å²) in [5.74, 6) is 0. The van der Waals surface area contributed by atoms with Gasteiger partial charge in [0.15, 0.2) is 0 Å².